The van der Waals surface area contributed by atoms with Crippen molar-refractivity contribution in [3.05, 3.63) is 11.4 Å². The highest BCUT2D eigenvalue weighted by Crippen LogP contribution is 2.28. The number of fused-ring (bicyclic) bond motifs is 1. The Morgan fingerprint density at radius 2 is 2.42 bits per heavy atom. The van der Waals surface area contributed by atoms with Crippen molar-refractivity contribution >= 4 is 5.97 Å². The molecule has 0 aliphatic heterocycles. The van der Waals surface area contributed by atoms with Gasteiger partial charge in [0.2, 0.25) is 0 Å². The summed E-state index contributed by atoms with van der Waals surface area (Å²) in [5.74, 6) is -1.25. The van der Waals surface area contributed by atoms with E-state index in [0.717, 1.165) is 18.5 Å². The summed E-state index contributed by atoms with van der Waals surface area (Å²) in [6.45, 7) is 0. The summed E-state index contributed by atoms with van der Waals surface area (Å²) in [6.07, 6.45) is 2.40. The Bertz CT molecular complexity index is 307. The molecule has 1 heterocycles. The van der Waals surface area contributed by atoms with Crippen molar-refractivity contribution in [2.75, 3.05) is 0 Å². The second-order valence-electron chi connectivity index (χ2n) is 2.94. The van der Waals surface area contributed by atoms with E-state index in [2.05, 4.69) is 15.4 Å². The molecule has 5 nitrogen and oxygen atoms in total. The number of aliphatic carboxylic acids is 1. The fraction of sp³-hybridized carbons (Fsp3) is 0.571. The van der Waals surface area contributed by atoms with Crippen molar-refractivity contribution in [2.24, 2.45) is 0 Å². The molecule has 2 N–H and O–H groups in total. The largest absolute Gasteiger partial charge is 0.481 e. The summed E-state index contributed by atoms with van der Waals surface area (Å²) in [7, 11) is 0. The number of rotatable bonds is 1. The highest BCUT2D eigenvalue weighted by molar-refractivity contribution is 5.75. The second-order valence-corrected chi connectivity index (χ2v) is 2.94. The van der Waals surface area contributed by atoms with E-state index in [4.69, 9.17) is 5.11 Å². The Labute approximate surface area is 68.8 Å². The lowest BCUT2D eigenvalue weighted by Crippen LogP contribution is -2.17. The lowest BCUT2D eigenvalue weighted by Gasteiger charge is -2.14. The number of nitrogens with zero attached hydrogens (tertiary/aromatic N) is 2. The van der Waals surface area contributed by atoms with Gasteiger partial charge in [-0.25, -0.2) is 0 Å². The van der Waals surface area contributed by atoms with Gasteiger partial charge in [0, 0.05) is 0 Å². The van der Waals surface area contributed by atoms with Crippen molar-refractivity contribution in [3.63, 3.8) is 0 Å². The Morgan fingerprint density at radius 3 is 3.17 bits per heavy atom. The summed E-state index contributed by atoms with van der Waals surface area (Å²) in [5, 5.41) is 19.0. The average Bonchev–Trinajstić information content (AvgIpc) is 2.49. The van der Waals surface area contributed by atoms with Gasteiger partial charge < -0.3 is 5.11 Å². The zero-order chi connectivity index (χ0) is 8.55. The molecule has 0 bridgehead atoms. The van der Waals surface area contributed by atoms with E-state index in [1.54, 1.807) is 0 Å². The Kier molecular flexibility index (Phi) is 1.56. The molecule has 1 aliphatic rings. The number of aromatic amines is 1. The van der Waals surface area contributed by atoms with E-state index in [9.17, 15) is 4.79 Å². The van der Waals surface area contributed by atoms with Crippen LogP contribution >= 0.6 is 0 Å². The van der Waals surface area contributed by atoms with E-state index in [1.165, 1.54) is 0 Å². The summed E-state index contributed by atoms with van der Waals surface area (Å²) < 4.78 is 0. The molecule has 0 fully saturated rings. The number of hydrogen-bond acceptors (Lipinski definition) is 3. The quantitative estimate of drug-likeness (QED) is 0.630. The van der Waals surface area contributed by atoms with Crippen LogP contribution in [0.3, 0.4) is 0 Å². The number of nitrogens with one attached hydrogen (secondary N) is 1. The van der Waals surface area contributed by atoms with Gasteiger partial charge >= 0.3 is 5.97 Å². The highest BCUT2D eigenvalue weighted by Gasteiger charge is 2.29. The summed E-state index contributed by atoms with van der Waals surface area (Å²) >= 11 is 0. The van der Waals surface area contributed by atoms with Gasteiger partial charge in [-0.15, -0.1) is 0 Å². The zero-order valence-corrected chi connectivity index (χ0v) is 6.45. The first-order chi connectivity index (χ1) is 5.79. The van der Waals surface area contributed by atoms with Crippen LogP contribution in [0.15, 0.2) is 0 Å². The van der Waals surface area contributed by atoms with Crippen LogP contribution < -0.4 is 0 Å². The maximum absolute atomic E-state index is 10.7. The topological polar surface area (TPSA) is 78.9 Å². The number of aryl methyl sites for hydroxylation is 1. The number of H-pyrrole nitrogens is 1. The van der Waals surface area contributed by atoms with Crippen molar-refractivity contribution in [1.29, 1.82) is 0 Å². The molecule has 2 rings (SSSR count). The van der Waals surface area contributed by atoms with Gasteiger partial charge in [-0.3, -0.25) is 4.79 Å². The minimum Gasteiger partial charge on any atom is -0.481 e. The van der Waals surface area contributed by atoms with Crippen LogP contribution in [-0.2, 0) is 11.2 Å². The van der Waals surface area contributed by atoms with Crippen LogP contribution in [-0.4, -0.2) is 26.5 Å². The highest BCUT2D eigenvalue weighted by atomic mass is 16.4. The monoisotopic (exact) mass is 167 g/mol. The van der Waals surface area contributed by atoms with E-state index in [1.807, 2.05) is 0 Å². The number of aromatic nitrogens is 3. The molecule has 0 unspecified atom stereocenters. The van der Waals surface area contributed by atoms with Crippen molar-refractivity contribution in [2.45, 2.75) is 25.2 Å². The van der Waals surface area contributed by atoms with Crippen LogP contribution in [0.4, 0.5) is 0 Å². The predicted octanol–water partition coefficient (Wildman–Crippen LogP) is 0.309. The third-order valence-corrected chi connectivity index (χ3v) is 2.19. The molecule has 1 atom stereocenters. The van der Waals surface area contributed by atoms with Crippen molar-refractivity contribution in [1.82, 2.24) is 15.4 Å². The molecule has 5 heteroatoms. The SMILES string of the molecule is O=C(O)[C@H]1CCCc2n[nH]nc21. The molecule has 64 valence electrons. The lowest BCUT2D eigenvalue weighted by molar-refractivity contribution is -0.139. The van der Waals surface area contributed by atoms with Gasteiger partial charge in [-0.1, -0.05) is 0 Å². The maximum Gasteiger partial charge on any atom is 0.312 e. The van der Waals surface area contributed by atoms with Gasteiger partial charge in [0.15, 0.2) is 0 Å². The molecule has 0 saturated heterocycles. The van der Waals surface area contributed by atoms with Crippen molar-refractivity contribution in [3.8, 4) is 0 Å². The summed E-state index contributed by atoms with van der Waals surface area (Å²) in [5.41, 5.74) is 1.43. The number of carbonyl (C=O) groups is 1. The second kappa shape index (κ2) is 2.58. The normalized spacial score (nSPS) is 21.8. The van der Waals surface area contributed by atoms with Crippen LogP contribution in [0.1, 0.15) is 30.1 Å². The molecule has 0 spiro atoms. The lowest BCUT2D eigenvalue weighted by atomic mass is 9.90. The van der Waals surface area contributed by atoms with Crippen LogP contribution in [0.2, 0.25) is 0 Å². The first-order valence-electron chi connectivity index (χ1n) is 3.91. The van der Waals surface area contributed by atoms with Crippen LogP contribution in [0.25, 0.3) is 0 Å². The molecule has 1 aromatic rings. The third-order valence-electron chi connectivity index (χ3n) is 2.19. The first-order valence-corrected chi connectivity index (χ1v) is 3.91. The van der Waals surface area contributed by atoms with Crippen LogP contribution in [0.5, 0.6) is 0 Å². The van der Waals surface area contributed by atoms with E-state index >= 15 is 0 Å². The van der Waals surface area contributed by atoms with Crippen LogP contribution in [0, 0.1) is 0 Å². The van der Waals surface area contributed by atoms with Gasteiger partial charge in [-0.2, -0.15) is 15.4 Å². The number of carboxylic acids is 1. The van der Waals surface area contributed by atoms with E-state index in [-0.39, 0.29) is 0 Å². The van der Waals surface area contributed by atoms with E-state index in [0.29, 0.717) is 12.1 Å². The summed E-state index contributed by atoms with van der Waals surface area (Å²) in [6, 6.07) is 0. The molecule has 0 aromatic carbocycles. The minimum absolute atomic E-state index is 0.451. The number of carboxylic acid groups (broad SMARTS) is 1. The molecule has 0 radical (unpaired) electrons. The Hall–Kier alpha value is -1.39. The molecule has 0 amide bonds. The Balaban J connectivity index is 2.37. The summed E-state index contributed by atoms with van der Waals surface area (Å²) in [4.78, 5) is 10.7. The molecule has 0 saturated carbocycles. The fourth-order valence-corrected chi connectivity index (χ4v) is 1.57. The van der Waals surface area contributed by atoms with Gasteiger partial charge in [0.1, 0.15) is 5.92 Å². The molecule has 1 aromatic heterocycles. The average molecular weight is 167 g/mol. The minimum atomic E-state index is -0.801. The van der Waals surface area contributed by atoms with Gasteiger partial charge in [-0.05, 0) is 19.3 Å². The number of hydrogen-bond donors (Lipinski definition) is 2. The first kappa shape index (κ1) is 7.27. The van der Waals surface area contributed by atoms with Gasteiger partial charge in [0.05, 0.1) is 11.4 Å². The predicted molar refractivity (Wildman–Crippen MR) is 39.7 cm³/mol. The maximum atomic E-state index is 10.7. The van der Waals surface area contributed by atoms with Gasteiger partial charge in [0.25, 0.3) is 0 Å². The standard InChI is InChI=1S/C7H9N3O2/c11-7(12)4-2-1-3-5-6(4)9-10-8-5/h4H,1-3H2,(H,11,12)(H,8,9,10)/t4-/m0/s1. The smallest absolute Gasteiger partial charge is 0.312 e. The molecular formula is C7H9N3O2. The molecular weight excluding hydrogens is 158 g/mol. The molecule has 12 heavy (non-hydrogen) atoms. The fourth-order valence-electron chi connectivity index (χ4n) is 1.57. The van der Waals surface area contributed by atoms with E-state index < -0.39 is 11.9 Å². The zero-order valence-electron chi connectivity index (χ0n) is 6.45. The van der Waals surface area contributed by atoms with Crippen molar-refractivity contribution < 1.29 is 9.90 Å². The molecule has 1 aliphatic carbocycles. The Morgan fingerprint density at radius 1 is 1.58 bits per heavy atom. The third kappa shape index (κ3) is 0.975.